The maximum Gasteiger partial charge on any atom is 0.308 e. The van der Waals surface area contributed by atoms with E-state index in [1.807, 2.05) is 37.3 Å². The number of alkyl halides is 1. The first-order valence-corrected chi connectivity index (χ1v) is 14.4. The summed E-state index contributed by atoms with van der Waals surface area (Å²) in [6.07, 6.45) is 4.31. The average Bonchev–Trinajstić information content (AvgIpc) is 3.45. The number of nitrogens with zero attached hydrogens (tertiary/aromatic N) is 2. The summed E-state index contributed by atoms with van der Waals surface area (Å²) in [6.45, 7) is 7.94. The minimum Gasteiger partial charge on any atom is -0.481 e. The molecule has 36 heavy (non-hydrogen) atoms. The van der Waals surface area contributed by atoms with Crippen LogP contribution in [0.5, 0.6) is 0 Å². The molecule has 3 heterocycles. The molecule has 1 aromatic carbocycles. The van der Waals surface area contributed by atoms with Crippen molar-refractivity contribution in [3.05, 3.63) is 48.6 Å². The molecule has 3 aliphatic rings. The second kappa shape index (κ2) is 10.9. The number of amides is 2. The number of hydrogen-bond donors (Lipinski definition) is 2. The molecule has 3 saturated heterocycles. The standard InChI is InChI=1S/C27H35BrN2O5S/c1-4-9-16(3)29(12-5-2)25(33)23-27-14-19(28)22(36-27)20(26(34)35)21(27)24(32)30(23)18(15-31)13-17-10-7-6-8-11-17/h5-8,10-11,16,18-23,31H,2,4,9,12-15H2,1,3H3,(H,34,35)/t16?,18-,19?,20+,21+,22+,23?,27?/m1/s1. The first-order valence-electron chi connectivity index (χ1n) is 12.6. The van der Waals surface area contributed by atoms with E-state index in [9.17, 15) is 24.6 Å². The maximum atomic E-state index is 14.4. The van der Waals surface area contributed by atoms with Crippen molar-refractivity contribution in [3.8, 4) is 0 Å². The topological polar surface area (TPSA) is 98.2 Å². The van der Waals surface area contributed by atoms with Gasteiger partial charge in [-0.25, -0.2) is 0 Å². The van der Waals surface area contributed by atoms with E-state index in [1.54, 1.807) is 15.9 Å². The van der Waals surface area contributed by atoms with Crippen molar-refractivity contribution < 1.29 is 24.6 Å². The highest BCUT2D eigenvalue weighted by atomic mass is 79.9. The largest absolute Gasteiger partial charge is 0.481 e. The van der Waals surface area contributed by atoms with Gasteiger partial charge in [0, 0.05) is 22.7 Å². The Balaban J connectivity index is 1.81. The maximum absolute atomic E-state index is 14.4. The summed E-state index contributed by atoms with van der Waals surface area (Å²) in [5.41, 5.74) is 0.942. The molecule has 0 aliphatic carbocycles. The summed E-state index contributed by atoms with van der Waals surface area (Å²) in [6, 6.07) is 8.02. The van der Waals surface area contributed by atoms with E-state index in [0.717, 1.165) is 18.4 Å². The van der Waals surface area contributed by atoms with Crippen molar-refractivity contribution in [3.63, 3.8) is 0 Å². The average molecular weight is 580 g/mol. The van der Waals surface area contributed by atoms with Gasteiger partial charge >= 0.3 is 5.97 Å². The predicted molar refractivity (Wildman–Crippen MR) is 144 cm³/mol. The molecule has 4 unspecified atom stereocenters. The van der Waals surface area contributed by atoms with Gasteiger partial charge in [-0.1, -0.05) is 65.7 Å². The number of rotatable bonds is 11. The molecule has 3 fully saturated rings. The van der Waals surface area contributed by atoms with Gasteiger partial charge in [0.25, 0.3) is 0 Å². The van der Waals surface area contributed by atoms with Crippen LogP contribution in [0.25, 0.3) is 0 Å². The smallest absolute Gasteiger partial charge is 0.308 e. The van der Waals surface area contributed by atoms with Crippen LogP contribution in [0.1, 0.15) is 38.7 Å². The van der Waals surface area contributed by atoms with Gasteiger partial charge < -0.3 is 20.0 Å². The van der Waals surface area contributed by atoms with Crippen molar-refractivity contribution in [1.29, 1.82) is 0 Å². The third-order valence-corrected chi connectivity index (χ3v) is 11.2. The molecule has 2 bridgehead atoms. The summed E-state index contributed by atoms with van der Waals surface area (Å²) >= 11 is 5.16. The summed E-state index contributed by atoms with van der Waals surface area (Å²) < 4.78 is -0.856. The zero-order valence-electron chi connectivity index (χ0n) is 20.8. The van der Waals surface area contributed by atoms with Crippen LogP contribution >= 0.6 is 27.7 Å². The fourth-order valence-electron chi connectivity index (χ4n) is 6.52. The number of aliphatic hydroxyl groups excluding tert-OH is 1. The zero-order valence-corrected chi connectivity index (χ0v) is 23.2. The minimum absolute atomic E-state index is 0.0618. The summed E-state index contributed by atoms with van der Waals surface area (Å²) in [7, 11) is 0. The number of hydrogen-bond acceptors (Lipinski definition) is 5. The van der Waals surface area contributed by atoms with Crippen LogP contribution in [0, 0.1) is 11.8 Å². The van der Waals surface area contributed by atoms with Crippen molar-refractivity contribution >= 4 is 45.5 Å². The van der Waals surface area contributed by atoms with Crippen LogP contribution in [0.3, 0.4) is 0 Å². The van der Waals surface area contributed by atoms with E-state index in [2.05, 4.69) is 29.4 Å². The van der Waals surface area contributed by atoms with E-state index in [4.69, 9.17) is 0 Å². The Bertz CT molecular complexity index is 1010. The molecular formula is C27H35BrN2O5S. The van der Waals surface area contributed by atoms with Crippen LogP contribution in [0.15, 0.2) is 43.0 Å². The number of halogens is 1. The summed E-state index contributed by atoms with van der Waals surface area (Å²) in [5.74, 6) is -3.19. The summed E-state index contributed by atoms with van der Waals surface area (Å²) in [5, 5.41) is 20.4. The Morgan fingerprint density at radius 2 is 2.06 bits per heavy atom. The second-order valence-corrected chi connectivity index (χ2v) is 12.9. The minimum atomic E-state index is -1.00. The van der Waals surface area contributed by atoms with E-state index in [1.165, 1.54) is 11.8 Å². The van der Waals surface area contributed by atoms with Crippen LogP contribution in [-0.4, -0.2) is 83.9 Å². The Labute approximate surface area is 225 Å². The highest BCUT2D eigenvalue weighted by molar-refractivity contribution is 9.09. The molecule has 2 amide bonds. The van der Waals surface area contributed by atoms with Gasteiger partial charge in [-0.2, -0.15) is 0 Å². The molecule has 196 valence electrons. The Morgan fingerprint density at radius 3 is 2.64 bits per heavy atom. The zero-order chi connectivity index (χ0) is 26.2. The quantitative estimate of drug-likeness (QED) is 0.309. The third-order valence-electron chi connectivity index (χ3n) is 8.01. The third kappa shape index (κ3) is 4.41. The molecule has 7 nitrogen and oxygen atoms in total. The molecule has 1 aromatic rings. The fourth-order valence-corrected chi connectivity index (χ4v) is 10.1. The molecule has 2 N–H and O–H groups in total. The van der Waals surface area contributed by atoms with Gasteiger partial charge in [-0.15, -0.1) is 18.3 Å². The van der Waals surface area contributed by atoms with Gasteiger partial charge in [0.2, 0.25) is 11.8 Å². The lowest BCUT2D eigenvalue weighted by atomic mass is 9.71. The monoisotopic (exact) mass is 578 g/mol. The molecule has 4 rings (SSSR count). The normalized spacial score (nSPS) is 32.3. The van der Waals surface area contributed by atoms with Crippen molar-refractivity contribution in [2.75, 3.05) is 13.2 Å². The van der Waals surface area contributed by atoms with Gasteiger partial charge in [-0.05, 0) is 31.7 Å². The molecule has 0 radical (unpaired) electrons. The molecule has 1 spiro atoms. The molecule has 3 aliphatic heterocycles. The number of fused-ring (bicyclic) bond motifs is 1. The van der Waals surface area contributed by atoms with E-state index >= 15 is 0 Å². The van der Waals surface area contributed by atoms with Crippen LogP contribution < -0.4 is 0 Å². The van der Waals surface area contributed by atoms with Gasteiger partial charge in [-0.3, -0.25) is 14.4 Å². The number of aliphatic hydroxyl groups is 1. The second-order valence-electron chi connectivity index (χ2n) is 10.2. The number of aliphatic carboxylic acids is 1. The highest BCUT2D eigenvalue weighted by Gasteiger charge is 2.76. The first kappa shape index (κ1) is 27.2. The highest BCUT2D eigenvalue weighted by Crippen LogP contribution is 2.68. The van der Waals surface area contributed by atoms with Crippen LogP contribution in [0.4, 0.5) is 0 Å². The van der Waals surface area contributed by atoms with Gasteiger partial charge in [0.1, 0.15) is 6.04 Å². The van der Waals surface area contributed by atoms with Crippen LogP contribution in [0.2, 0.25) is 0 Å². The Hall–Kier alpha value is -1.84. The van der Waals surface area contributed by atoms with E-state index in [-0.39, 0.29) is 34.5 Å². The molecule has 9 heteroatoms. The van der Waals surface area contributed by atoms with Crippen LogP contribution in [-0.2, 0) is 20.8 Å². The van der Waals surface area contributed by atoms with E-state index in [0.29, 0.717) is 19.4 Å². The number of carbonyl (C=O) groups is 3. The number of carboxylic acid groups (broad SMARTS) is 1. The Morgan fingerprint density at radius 1 is 1.36 bits per heavy atom. The van der Waals surface area contributed by atoms with Crippen molar-refractivity contribution in [2.45, 2.75) is 72.5 Å². The number of carbonyl (C=O) groups excluding carboxylic acids is 2. The lowest BCUT2D eigenvalue weighted by Gasteiger charge is -2.41. The Kier molecular flexibility index (Phi) is 8.22. The predicted octanol–water partition coefficient (Wildman–Crippen LogP) is 3.34. The van der Waals surface area contributed by atoms with Gasteiger partial charge in [0.05, 0.1) is 29.2 Å². The fraction of sp³-hybridized carbons (Fsp3) is 0.593. The number of benzene rings is 1. The first-order chi connectivity index (χ1) is 17.2. The van der Waals surface area contributed by atoms with Crippen molar-refractivity contribution in [2.24, 2.45) is 11.8 Å². The lowest BCUT2D eigenvalue weighted by molar-refractivity contribution is -0.150. The number of carboxylic acids is 1. The summed E-state index contributed by atoms with van der Waals surface area (Å²) in [4.78, 5) is 44.2. The SMILES string of the molecule is C=CCN(C(=O)C1N([C@@H](CO)Cc2ccccc2)C(=O)[C@@H]2[C@H](C(=O)O)[C@H]3SC12CC3Br)C(C)CCC. The number of likely N-dealkylation sites (tertiary alicyclic amines) is 1. The molecule has 0 saturated carbocycles. The molecular weight excluding hydrogens is 544 g/mol. The van der Waals surface area contributed by atoms with E-state index < -0.39 is 34.6 Å². The van der Waals surface area contributed by atoms with Gasteiger partial charge in [0.15, 0.2) is 0 Å². The molecule has 8 atom stereocenters. The lowest BCUT2D eigenvalue weighted by Crippen LogP contribution is -2.59. The van der Waals surface area contributed by atoms with Crippen molar-refractivity contribution in [1.82, 2.24) is 9.80 Å². The molecule has 0 aromatic heterocycles. The number of thioether (sulfide) groups is 1.